The number of nitrogen functional groups attached to an aromatic ring is 1. The topological polar surface area (TPSA) is 98.3 Å². The zero-order valence-electron chi connectivity index (χ0n) is 10.5. The molecule has 2 aromatic carbocycles. The summed E-state index contributed by atoms with van der Waals surface area (Å²) < 4.78 is 0.699. The van der Waals surface area contributed by atoms with Gasteiger partial charge in [-0.2, -0.15) is 0 Å². The maximum absolute atomic E-state index is 12.1. The molecule has 0 aliphatic carbocycles. The predicted octanol–water partition coefficient (Wildman–Crippen LogP) is 3.85. The lowest BCUT2D eigenvalue weighted by molar-refractivity contribution is -0.383. The molecule has 108 valence electrons. The minimum Gasteiger partial charge on any atom is -0.393 e. The predicted molar refractivity (Wildman–Crippen MR) is 84.6 cm³/mol. The fourth-order valence-corrected chi connectivity index (χ4v) is 2.05. The van der Waals surface area contributed by atoms with Crippen molar-refractivity contribution in [3.05, 3.63) is 61.6 Å². The summed E-state index contributed by atoms with van der Waals surface area (Å²) >= 11 is 9.17. The zero-order valence-corrected chi connectivity index (χ0v) is 12.8. The Balaban J connectivity index is 2.26. The molecule has 0 saturated heterocycles. The van der Waals surface area contributed by atoms with E-state index < -0.39 is 10.8 Å². The first kappa shape index (κ1) is 15.3. The van der Waals surface area contributed by atoms with E-state index >= 15 is 0 Å². The van der Waals surface area contributed by atoms with Crippen LogP contribution in [-0.2, 0) is 0 Å². The van der Waals surface area contributed by atoms with Crippen LogP contribution >= 0.6 is 27.5 Å². The number of rotatable bonds is 3. The Kier molecular flexibility index (Phi) is 4.44. The second kappa shape index (κ2) is 6.11. The van der Waals surface area contributed by atoms with Crippen LogP contribution in [0.5, 0.6) is 0 Å². The Labute approximate surface area is 133 Å². The van der Waals surface area contributed by atoms with Gasteiger partial charge in [-0.15, -0.1) is 0 Å². The third-order valence-corrected chi connectivity index (χ3v) is 3.90. The minimum absolute atomic E-state index is 0.00300. The Morgan fingerprint density at radius 1 is 1.29 bits per heavy atom. The normalized spacial score (nSPS) is 10.2. The van der Waals surface area contributed by atoms with E-state index in [1.807, 2.05) is 0 Å². The Hall–Kier alpha value is -2.12. The quantitative estimate of drug-likeness (QED) is 0.487. The fourth-order valence-electron chi connectivity index (χ4n) is 1.62. The average Bonchev–Trinajstić information content (AvgIpc) is 2.43. The Morgan fingerprint density at radius 3 is 2.62 bits per heavy atom. The van der Waals surface area contributed by atoms with Gasteiger partial charge in [0, 0.05) is 21.8 Å². The highest BCUT2D eigenvalue weighted by Gasteiger charge is 2.16. The van der Waals surface area contributed by atoms with Crippen molar-refractivity contribution in [1.82, 2.24) is 0 Å². The van der Waals surface area contributed by atoms with Crippen LogP contribution in [0.25, 0.3) is 0 Å². The van der Waals surface area contributed by atoms with Crippen molar-refractivity contribution in [2.75, 3.05) is 11.1 Å². The monoisotopic (exact) mass is 369 g/mol. The Morgan fingerprint density at radius 2 is 2.00 bits per heavy atom. The summed E-state index contributed by atoms with van der Waals surface area (Å²) in [6.45, 7) is 0. The van der Waals surface area contributed by atoms with Crippen LogP contribution in [0.2, 0.25) is 5.02 Å². The number of hydrogen-bond acceptors (Lipinski definition) is 4. The number of nitrogens with two attached hydrogens (primary N) is 1. The van der Waals surface area contributed by atoms with Gasteiger partial charge in [0.15, 0.2) is 0 Å². The molecule has 0 aliphatic heterocycles. The number of anilines is 2. The summed E-state index contributed by atoms with van der Waals surface area (Å²) in [5.74, 6) is -0.489. The molecule has 1 amide bonds. The molecule has 6 nitrogen and oxygen atoms in total. The molecule has 0 saturated carbocycles. The maximum Gasteiger partial charge on any atom is 0.292 e. The van der Waals surface area contributed by atoms with E-state index in [-0.39, 0.29) is 16.9 Å². The van der Waals surface area contributed by atoms with Gasteiger partial charge < -0.3 is 11.1 Å². The standard InChI is InChI=1S/C13H9BrClN3O3/c14-9-3-2-8(6-10(9)15)17-13(19)7-1-4-11(16)12(5-7)18(20)21/h1-6H,16H2,(H,17,19). The van der Waals surface area contributed by atoms with Crippen molar-refractivity contribution >= 4 is 50.5 Å². The number of amides is 1. The lowest BCUT2D eigenvalue weighted by atomic mass is 10.1. The summed E-state index contributed by atoms with van der Waals surface area (Å²) in [5, 5.41) is 13.9. The third-order valence-electron chi connectivity index (χ3n) is 2.67. The fraction of sp³-hybridized carbons (Fsp3) is 0. The van der Waals surface area contributed by atoms with E-state index in [9.17, 15) is 14.9 Å². The highest BCUT2D eigenvalue weighted by atomic mass is 79.9. The number of carbonyl (C=O) groups is 1. The van der Waals surface area contributed by atoms with E-state index in [1.54, 1.807) is 18.2 Å². The van der Waals surface area contributed by atoms with Crippen molar-refractivity contribution < 1.29 is 9.72 Å². The van der Waals surface area contributed by atoms with Gasteiger partial charge in [-0.25, -0.2) is 0 Å². The number of nitro groups is 1. The van der Waals surface area contributed by atoms with Crippen molar-refractivity contribution in [2.45, 2.75) is 0 Å². The average molecular weight is 371 g/mol. The summed E-state index contributed by atoms with van der Waals surface area (Å²) in [6, 6.07) is 8.77. The molecule has 0 atom stereocenters. The minimum atomic E-state index is -0.636. The smallest absolute Gasteiger partial charge is 0.292 e. The molecular formula is C13H9BrClN3O3. The van der Waals surface area contributed by atoms with Crippen LogP contribution < -0.4 is 11.1 Å². The van der Waals surface area contributed by atoms with Gasteiger partial charge in [0.25, 0.3) is 11.6 Å². The van der Waals surface area contributed by atoms with Crippen LogP contribution in [-0.4, -0.2) is 10.8 Å². The van der Waals surface area contributed by atoms with Gasteiger partial charge in [-0.3, -0.25) is 14.9 Å². The molecular weight excluding hydrogens is 362 g/mol. The molecule has 8 heteroatoms. The van der Waals surface area contributed by atoms with Gasteiger partial charge in [0.1, 0.15) is 5.69 Å². The molecule has 2 aromatic rings. The number of nitrogens with zero attached hydrogens (tertiary/aromatic N) is 1. The number of carbonyl (C=O) groups excluding carboxylic acids is 1. The number of nitro benzene ring substituents is 1. The molecule has 0 bridgehead atoms. The maximum atomic E-state index is 12.1. The largest absolute Gasteiger partial charge is 0.393 e. The summed E-state index contributed by atoms with van der Waals surface area (Å²) in [5.41, 5.74) is 5.79. The molecule has 0 aliphatic rings. The van der Waals surface area contributed by atoms with Crippen LogP contribution in [0.1, 0.15) is 10.4 Å². The molecule has 0 unspecified atom stereocenters. The van der Waals surface area contributed by atoms with E-state index in [1.165, 1.54) is 12.1 Å². The molecule has 0 fully saturated rings. The lowest BCUT2D eigenvalue weighted by Crippen LogP contribution is -2.12. The van der Waals surface area contributed by atoms with E-state index in [0.29, 0.717) is 15.2 Å². The molecule has 0 aromatic heterocycles. The SMILES string of the molecule is Nc1ccc(C(=O)Nc2ccc(Br)c(Cl)c2)cc1[N+](=O)[O-]. The van der Waals surface area contributed by atoms with E-state index in [2.05, 4.69) is 21.2 Å². The van der Waals surface area contributed by atoms with Gasteiger partial charge in [0.2, 0.25) is 0 Å². The summed E-state index contributed by atoms with van der Waals surface area (Å²) in [7, 11) is 0. The number of benzene rings is 2. The zero-order chi connectivity index (χ0) is 15.6. The van der Waals surface area contributed by atoms with Crippen LogP contribution in [0, 0.1) is 10.1 Å². The number of halogens is 2. The van der Waals surface area contributed by atoms with Crippen LogP contribution in [0.3, 0.4) is 0 Å². The second-order valence-electron chi connectivity index (χ2n) is 4.11. The Bertz CT molecular complexity index is 737. The number of nitrogens with one attached hydrogen (secondary N) is 1. The summed E-state index contributed by atoms with van der Waals surface area (Å²) in [6.07, 6.45) is 0. The molecule has 2 rings (SSSR count). The van der Waals surface area contributed by atoms with Gasteiger partial charge in [-0.1, -0.05) is 11.6 Å². The molecule has 0 spiro atoms. The third kappa shape index (κ3) is 3.50. The van der Waals surface area contributed by atoms with Gasteiger partial charge in [0.05, 0.1) is 9.95 Å². The lowest BCUT2D eigenvalue weighted by Gasteiger charge is -2.07. The van der Waals surface area contributed by atoms with Crippen molar-refractivity contribution in [3.63, 3.8) is 0 Å². The first-order valence-corrected chi connectivity index (χ1v) is 6.86. The van der Waals surface area contributed by atoms with Crippen molar-refractivity contribution in [3.8, 4) is 0 Å². The van der Waals surface area contributed by atoms with E-state index in [4.69, 9.17) is 17.3 Å². The first-order chi connectivity index (χ1) is 9.88. The highest BCUT2D eigenvalue weighted by molar-refractivity contribution is 9.10. The summed E-state index contributed by atoms with van der Waals surface area (Å²) in [4.78, 5) is 22.2. The number of hydrogen-bond donors (Lipinski definition) is 2. The molecule has 0 heterocycles. The van der Waals surface area contributed by atoms with Crippen molar-refractivity contribution in [2.24, 2.45) is 0 Å². The molecule has 0 radical (unpaired) electrons. The first-order valence-electron chi connectivity index (χ1n) is 5.69. The van der Waals surface area contributed by atoms with Gasteiger partial charge in [-0.05, 0) is 46.3 Å². The molecule has 21 heavy (non-hydrogen) atoms. The van der Waals surface area contributed by atoms with Crippen LogP contribution in [0.4, 0.5) is 17.1 Å². The molecule has 3 N–H and O–H groups in total. The van der Waals surface area contributed by atoms with E-state index in [0.717, 1.165) is 6.07 Å². The van der Waals surface area contributed by atoms with Gasteiger partial charge >= 0.3 is 0 Å². The highest BCUT2D eigenvalue weighted by Crippen LogP contribution is 2.26. The van der Waals surface area contributed by atoms with Crippen LogP contribution in [0.15, 0.2) is 40.9 Å². The second-order valence-corrected chi connectivity index (χ2v) is 5.38. The van der Waals surface area contributed by atoms with Crippen molar-refractivity contribution in [1.29, 1.82) is 0 Å².